The molecule has 6 heteroatoms. The van der Waals surface area contributed by atoms with Gasteiger partial charge in [0.1, 0.15) is 12.4 Å². The summed E-state index contributed by atoms with van der Waals surface area (Å²) in [5.74, 6) is 0.722. The van der Waals surface area contributed by atoms with E-state index in [9.17, 15) is 0 Å². The van der Waals surface area contributed by atoms with Gasteiger partial charge in [-0.05, 0) is 77.4 Å². The molecule has 0 spiro atoms. The second kappa shape index (κ2) is 8.28. The summed E-state index contributed by atoms with van der Waals surface area (Å²) in [5, 5.41) is 8.41. The van der Waals surface area contributed by atoms with Crippen molar-refractivity contribution in [2.45, 2.75) is 19.4 Å². The zero-order valence-electron chi connectivity index (χ0n) is 15.5. The molecule has 0 saturated heterocycles. The predicted octanol–water partition coefficient (Wildman–Crippen LogP) is 4.49. The van der Waals surface area contributed by atoms with Crippen molar-refractivity contribution >= 4 is 33.5 Å². The van der Waals surface area contributed by atoms with Crippen LogP contribution in [0.15, 0.2) is 60.9 Å². The second-order valence-corrected chi connectivity index (χ2v) is 8.14. The number of fused-ring (bicyclic) bond motifs is 1. The van der Waals surface area contributed by atoms with E-state index in [1.165, 1.54) is 9.13 Å². The molecule has 0 bridgehead atoms. The van der Waals surface area contributed by atoms with E-state index >= 15 is 0 Å². The maximum atomic E-state index is 6.25. The Morgan fingerprint density at radius 1 is 1.07 bits per heavy atom. The molecule has 142 valence electrons. The third-order valence-electron chi connectivity index (χ3n) is 4.67. The molecule has 4 rings (SSSR count). The molecule has 2 aromatic carbocycles. The number of aryl methyl sites for hydroxylation is 1. The lowest BCUT2D eigenvalue weighted by atomic mass is 10.0. The van der Waals surface area contributed by atoms with Gasteiger partial charge in [0, 0.05) is 32.5 Å². The van der Waals surface area contributed by atoms with Crippen LogP contribution >= 0.6 is 22.6 Å². The fourth-order valence-electron chi connectivity index (χ4n) is 3.16. The highest BCUT2D eigenvalue weighted by atomic mass is 127. The van der Waals surface area contributed by atoms with Gasteiger partial charge in [0.2, 0.25) is 0 Å². The molecule has 0 aliphatic carbocycles. The average Bonchev–Trinajstić information content (AvgIpc) is 3.09. The lowest BCUT2D eigenvalue weighted by molar-refractivity contribution is 0.286. The minimum Gasteiger partial charge on any atom is -0.490 e. The minimum atomic E-state index is -0.0753. The van der Waals surface area contributed by atoms with E-state index in [-0.39, 0.29) is 6.04 Å². The number of aromatic nitrogens is 3. The summed E-state index contributed by atoms with van der Waals surface area (Å²) < 4.78 is 7.13. The molecular formula is C22H21IN4O. The van der Waals surface area contributed by atoms with Gasteiger partial charge >= 0.3 is 0 Å². The number of hydrogen-bond donors (Lipinski definition) is 2. The van der Waals surface area contributed by atoms with Crippen LogP contribution < -0.4 is 10.5 Å². The van der Waals surface area contributed by atoms with Crippen LogP contribution in [0.3, 0.4) is 0 Å². The Kier molecular flexibility index (Phi) is 5.59. The summed E-state index contributed by atoms with van der Waals surface area (Å²) in [6.07, 6.45) is 4.35. The van der Waals surface area contributed by atoms with Crippen LogP contribution in [0.25, 0.3) is 22.0 Å². The van der Waals surface area contributed by atoms with Gasteiger partial charge in [-0.3, -0.25) is 10.1 Å². The molecule has 4 aromatic rings. The molecule has 5 nitrogen and oxygen atoms in total. The first-order chi connectivity index (χ1) is 13.6. The van der Waals surface area contributed by atoms with Crippen molar-refractivity contribution in [3.05, 3.63) is 75.8 Å². The first-order valence-electron chi connectivity index (χ1n) is 9.11. The predicted molar refractivity (Wildman–Crippen MR) is 120 cm³/mol. The number of H-pyrrole nitrogens is 1. The van der Waals surface area contributed by atoms with Crippen molar-refractivity contribution in [3.8, 4) is 16.9 Å². The number of nitrogens with zero attached hydrogens (tertiary/aromatic N) is 2. The number of nitrogens with two attached hydrogens (primary N) is 1. The number of pyridine rings is 1. The van der Waals surface area contributed by atoms with Crippen molar-refractivity contribution in [1.82, 2.24) is 15.2 Å². The van der Waals surface area contributed by atoms with Crippen LogP contribution in [-0.4, -0.2) is 27.8 Å². The Balaban J connectivity index is 1.44. The standard InChI is InChI=1S/C22H21IN4O/c1-14-21-10-16(4-7-22(21)27-26-14)17-9-20(12-25-11-17)28-13-19(24)8-15-2-5-18(23)6-3-15/h2-7,9-12,19H,8,13,24H2,1H3,(H,26,27)/t19-/m0/s1. The largest absolute Gasteiger partial charge is 0.490 e. The van der Waals surface area contributed by atoms with Crippen molar-refractivity contribution < 1.29 is 4.74 Å². The van der Waals surface area contributed by atoms with Crippen molar-refractivity contribution in [2.24, 2.45) is 5.73 Å². The van der Waals surface area contributed by atoms with Gasteiger partial charge in [0.15, 0.2) is 0 Å². The summed E-state index contributed by atoms with van der Waals surface area (Å²) in [5.41, 5.74) is 11.6. The number of rotatable bonds is 6. The van der Waals surface area contributed by atoms with E-state index in [1.54, 1.807) is 6.20 Å². The number of halogens is 1. The van der Waals surface area contributed by atoms with E-state index in [0.717, 1.165) is 39.9 Å². The summed E-state index contributed by atoms with van der Waals surface area (Å²) in [4.78, 5) is 4.33. The number of ether oxygens (including phenoxy) is 1. The maximum Gasteiger partial charge on any atom is 0.138 e. The van der Waals surface area contributed by atoms with Gasteiger partial charge < -0.3 is 10.5 Å². The average molecular weight is 484 g/mol. The fraction of sp³-hybridized carbons (Fsp3) is 0.182. The number of aromatic amines is 1. The van der Waals surface area contributed by atoms with Crippen LogP contribution in [0.5, 0.6) is 5.75 Å². The van der Waals surface area contributed by atoms with E-state index in [2.05, 4.69) is 68.1 Å². The van der Waals surface area contributed by atoms with Crippen molar-refractivity contribution in [1.29, 1.82) is 0 Å². The Hall–Kier alpha value is -2.45. The summed E-state index contributed by atoms with van der Waals surface area (Å²) in [6.45, 7) is 2.46. The number of hydrogen-bond acceptors (Lipinski definition) is 4. The molecule has 2 aromatic heterocycles. The van der Waals surface area contributed by atoms with Gasteiger partial charge in [-0.15, -0.1) is 0 Å². The molecule has 0 amide bonds. The summed E-state index contributed by atoms with van der Waals surface area (Å²) in [7, 11) is 0. The maximum absolute atomic E-state index is 6.25. The van der Waals surface area contributed by atoms with Crippen LogP contribution in [0.1, 0.15) is 11.3 Å². The Morgan fingerprint density at radius 3 is 2.71 bits per heavy atom. The van der Waals surface area contributed by atoms with Gasteiger partial charge in [0.05, 0.1) is 11.7 Å². The molecule has 0 radical (unpaired) electrons. The summed E-state index contributed by atoms with van der Waals surface area (Å²) in [6, 6.07) is 16.5. The molecule has 0 aliphatic heterocycles. The summed E-state index contributed by atoms with van der Waals surface area (Å²) >= 11 is 2.30. The topological polar surface area (TPSA) is 76.8 Å². The molecule has 3 N–H and O–H groups in total. The quantitative estimate of drug-likeness (QED) is 0.396. The van der Waals surface area contributed by atoms with Gasteiger partial charge in [-0.1, -0.05) is 18.2 Å². The molecule has 0 saturated carbocycles. The smallest absolute Gasteiger partial charge is 0.138 e. The highest BCUT2D eigenvalue weighted by molar-refractivity contribution is 14.1. The van der Waals surface area contributed by atoms with Crippen molar-refractivity contribution in [3.63, 3.8) is 0 Å². The highest BCUT2D eigenvalue weighted by Gasteiger charge is 2.08. The fourth-order valence-corrected chi connectivity index (χ4v) is 3.52. The van der Waals surface area contributed by atoms with Crippen LogP contribution in [0.4, 0.5) is 0 Å². The van der Waals surface area contributed by atoms with E-state index in [1.807, 2.05) is 31.3 Å². The lowest BCUT2D eigenvalue weighted by Gasteiger charge is -2.14. The molecule has 0 aliphatic rings. The minimum absolute atomic E-state index is 0.0753. The van der Waals surface area contributed by atoms with E-state index in [4.69, 9.17) is 10.5 Å². The monoisotopic (exact) mass is 484 g/mol. The lowest BCUT2D eigenvalue weighted by Crippen LogP contribution is -2.30. The molecule has 0 unspecified atom stereocenters. The highest BCUT2D eigenvalue weighted by Crippen LogP contribution is 2.27. The first-order valence-corrected chi connectivity index (χ1v) is 10.2. The number of nitrogens with one attached hydrogen (secondary N) is 1. The Labute approximate surface area is 177 Å². The Bertz CT molecular complexity index is 1090. The molecular weight excluding hydrogens is 463 g/mol. The number of benzene rings is 2. The SMILES string of the molecule is Cc1[nH]nc2ccc(-c3cncc(OC[C@@H](N)Cc4ccc(I)cc4)c3)cc12. The molecule has 2 heterocycles. The van der Waals surface area contributed by atoms with Crippen LogP contribution in [0, 0.1) is 10.5 Å². The molecule has 28 heavy (non-hydrogen) atoms. The van der Waals surface area contributed by atoms with Crippen molar-refractivity contribution in [2.75, 3.05) is 6.61 Å². The normalized spacial score (nSPS) is 12.2. The Morgan fingerprint density at radius 2 is 1.89 bits per heavy atom. The van der Waals surface area contributed by atoms with E-state index in [0.29, 0.717) is 6.61 Å². The van der Waals surface area contributed by atoms with Crippen LogP contribution in [0.2, 0.25) is 0 Å². The second-order valence-electron chi connectivity index (χ2n) is 6.89. The molecule has 0 fully saturated rings. The third-order valence-corrected chi connectivity index (χ3v) is 5.39. The van der Waals surface area contributed by atoms with Crippen LogP contribution in [-0.2, 0) is 6.42 Å². The molecule has 1 atom stereocenters. The van der Waals surface area contributed by atoms with Gasteiger partial charge in [0.25, 0.3) is 0 Å². The van der Waals surface area contributed by atoms with Gasteiger partial charge in [-0.2, -0.15) is 5.10 Å². The zero-order chi connectivity index (χ0) is 19.5. The zero-order valence-corrected chi connectivity index (χ0v) is 17.7. The van der Waals surface area contributed by atoms with Gasteiger partial charge in [-0.25, -0.2) is 0 Å². The van der Waals surface area contributed by atoms with E-state index < -0.39 is 0 Å². The third kappa shape index (κ3) is 4.34. The first kappa shape index (κ1) is 18.9.